The van der Waals surface area contributed by atoms with Crippen molar-refractivity contribution in [2.45, 2.75) is 103 Å². The fourth-order valence-corrected chi connectivity index (χ4v) is 8.47. The third kappa shape index (κ3) is 9.11. The highest BCUT2D eigenvalue weighted by Crippen LogP contribution is 2.41. The van der Waals surface area contributed by atoms with Crippen molar-refractivity contribution in [2.75, 3.05) is 29.9 Å². The van der Waals surface area contributed by atoms with E-state index in [9.17, 15) is 18.0 Å². The van der Waals surface area contributed by atoms with Crippen LogP contribution in [0.25, 0.3) is 11.0 Å². The maximum Gasteiger partial charge on any atom is 0.410 e. The number of fused-ring (bicyclic) bond motifs is 1. The lowest BCUT2D eigenvalue weighted by Gasteiger charge is -2.34. The Labute approximate surface area is 297 Å². The molecule has 1 amide bonds. The van der Waals surface area contributed by atoms with Crippen LogP contribution in [-0.4, -0.2) is 64.1 Å². The fraction of sp³-hybridized carbons (Fsp3) is 0.568. The molecule has 278 valence electrons. The zero-order valence-electron chi connectivity index (χ0n) is 29.8. The van der Waals surface area contributed by atoms with Gasteiger partial charge in [0, 0.05) is 37.2 Å². The average Bonchev–Trinajstić information content (AvgIpc) is 3.05. The number of nitrogens with one attached hydrogen (secondary N) is 1. The number of hydrogen-bond donors (Lipinski definition) is 1. The maximum atomic E-state index is 16.0. The van der Waals surface area contributed by atoms with Gasteiger partial charge in [-0.15, -0.1) is 6.58 Å². The van der Waals surface area contributed by atoms with Crippen LogP contribution in [0.15, 0.2) is 48.0 Å². The molecular formula is C37H48F3N5O5S. The van der Waals surface area contributed by atoms with Crippen LogP contribution >= 0.6 is 0 Å². The van der Waals surface area contributed by atoms with Gasteiger partial charge in [0.25, 0.3) is 11.5 Å². The molecule has 14 heteroatoms. The summed E-state index contributed by atoms with van der Waals surface area (Å²) in [6.45, 7) is 11.6. The molecule has 0 radical (unpaired) electrons. The fourth-order valence-electron chi connectivity index (χ4n) is 6.98. The van der Waals surface area contributed by atoms with Crippen molar-refractivity contribution in [3.05, 3.63) is 76.1 Å². The van der Waals surface area contributed by atoms with Gasteiger partial charge in [-0.1, -0.05) is 24.3 Å². The number of hydrogen-bond acceptors (Lipinski definition) is 8. The number of alkyl halides is 2. The lowest BCUT2D eigenvalue weighted by atomic mass is 9.87. The number of unbranched alkanes of at least 4 members (excludes halogenated alkanes) is 1. The van der Waals surface area contributed by atoms with Gasteiger partial charge in [-0.3, -0.25) is 9.36 Å². The number of aryl methyl sites for hydroxylation is 1. The number of sulfone groups is 1. The average molecular weight is 732 g/mol. The molecule has 2 saturated heterocycles. The summed E-state index contributed by atoms with van der Waals surface area (Å²) in [4.78, 5) is 36.5. The van der Waals surface area contributed by atoms with Gasteiger partial charge in [-0.2, -0.15) is 0 Å². The molecule has 3 aromatic rings. The number of aromatic nitrogens is 3. The number of pyridine rings is 1. The van der Waals surface area contributed by atoms with Crippen LogP contribution in [-0.2, 0) is 27.0 Å². The summed E-state index contributed by atoms with van der Waals surface area (Å²) in [5.41, 5.74) is -0.748. The molecule has 0 spiro atoms. The summed E-state index contributed by atoms with van der Waals surface area (Å²) in [5.74, 6) is -4.88. The number of benzene rings is 1. The van der Waals surface area contributed by atoms with E-state index >= 15 is 13.2 Å². The first-order chi connectivity index (χ1) is 24.0. The molecule has 5 rings (SSSR count). The number of rotatable bonds is 11. The molecule has 0 saturated carbocycles. The smallest absolute Gasteiger partial charge is 0.410 e. The molecule has 2 aromatic heterocycles. The van der Waals surface area contributed by atoms with E-state index in [1.165, 1.54) is 23.4 Å². The third-order valence-electron chi connectivity index (χ3n) is 9.75. The Morgan fingerprint density at radius 1 is 1.14 bits per heavy atom. The summed E-state index contributed by atoms with van der Waals surface area (Å²) in [6.07, 6.45) is 4.66. The Bertz CT molecular complexity index is 1910. The number of carbonyl (C=O) groups is 1. The van der Waals surface area contributed by atoms with Crippen molar-refractivity contribution in [1.82, 2.24) is 19.4 Å². The number of anilines is 1. The van der Waals surface area contributed by atoms with Gasteiger partial charge in [0.15, 0.2) is 0 Å². The van der Waals surface area contributed by atoms with E-state index in [2.05, 4.69) is 21.9 Å². The molecule has 2 fully saturated rings. The summed E-state index contributed by atoms with van der Waals surface area (Å²) >= 11 is 0. The standard InChI is InChI=1S/C37H48F3N5O5S/c1-6-7-8-16-45-33-29(21-28(34(45)46)26-14-19-51(48,49)20-15-26)32(41-23-42-33)43-24(2)27-10-9-11-30(31(27)38)37(39,40)22-25-12-17-44(18-13-25)35(47)50-36(3,4)5/h6,9-11,21,23-26H,1,7-8,12-20,22H2,2-5H3,(H,41,42,43)/t24-/m1/s1. The first-order valence-corrected chi connectivity index (χ1v) is 19.4. The molecular weight excluding hydrogens is 683 g/mol. The third-order valence-corrected chi connectivity index (χ3v) is 11.5. The Balaban J connectivity index is 1.38. The highest BCUT2D eigenvalue weighted by Gasteiger charge is 2.40. The molecule has 4 heterocycles. The Hall–Kier alpha value is -3.94. The molecule has 2 aliphatic heterocycles. The monoisotopic (exact) mass is 731 g/mol. The minimum absolute atomic E-state index is 0.00936. The lowest BCUT2D eigenvalue weighted by Crippen LogP contribution is -2.42. The van der Waals surface area contributed by atoms with Gasteiger partial charge in [0.2, 0.25) is 0 Å². The summed E-state index contributed by atoms with van der Waals surface area (Å²) in [7, 11) is -3.16. The van der Waals surface area contributed by atoms with Crippen molar-refractivity contribution < 1.29 is 31.1 Å². The van der Waals surface area contributed by atoms with Crippen LogP contribution in [0, 0.1) is 11.7 Å². The SMILES string of the molecule is C=CCCCn1c(=O)c(C2CCS(=O)(=O)CC2)cc2c(N[C@H](C)c3cccc(C(F)(F)CC4CCN(C(=O)OC(C)(C)C)CC4)c3F)ncnc21. The Morgan fingerprint density at radius 3 is 2.47 bits per heavy atom. The number of ether oxygens (including phenoxy) is 1. The molecule has 2 aliphatic rings. The van der Waals surface area contributed by atoms with Crippen LogP contribution in [0.1, 0.15) is 101 Å². The van der Waals surface area contributed by atoms with Crippen LogP contribution in [0.4, 0.5) is 23.8 Å². The summed E-state index contributed by atoms with van der Waals surface area (Å²) in [6, 6.07) is 4.86. The van der Waals surface area contributed by atoms with E-state index in [4.69, 9.17) is 4.74 Å². The number of likely N-dealkylation sites (tertiary alicyclic amines) is 1. The van der Waals surface area contributed by atoms with Crippen molar-refractivity contribution in [3.8, 4) is 0 Å². The molecule has 0 bridgehead atoms. The largest absolute Gasteiger partial charge is 0.444 e. The second-order valence-corrected chi connectivity index (χ2v) is 17.1. The molecule has 1 aromatic carbocycles. The molecule has 1 N–H and O–H groups in total. The lowest BCUT2D eigenvalue weighted by molar-refractivity contribution is -0.0412. The number of carbonyl (C=O) groups excluding carboxylic acids is 1. The molecule has 51 heavy (non-hydrogen) atoms. The second kappa shape index (κ2) is 15.3. The normalized spacial score (nSPS) is 18.1. The van der Waals surface area contributed by atoms with E-state index in [0.717, 1.165) is 6.07 Å². The summed E-state index contributed by atoms with van der Waals surface area (Å²) in [5, 5.41) is 3.67. The van der Waals surface area contributed by atoms with Gasteiger partial charge in [-0.05, 0) is 84.1 Å². The molecule has 1 atom stereocenters. The number of halogens is 3. The van der Waals surface area contributed by atoms with Crippen LogP contribution in [0.5, 0.6) is 0 Å². The molecule has 0 aliphatic carbocycles. The zero-order chi connectivity index (χ0) is 37.1. The van der Waals surface area contributed by atoms with E-state index in [-0.39, 0.29) is 41.6 Å². The predicted molar refractivity (Wildman–Crippen MR) is 191 cm³/mol. The van der Waals surface area contributed by atoms with E-state index in [0.29, 0.717) is 67.5 Å². The van der Waals surface area contributed by atoms with Crippen LogP contribution < -0.4 is 10.9 Å². The minimum atomic E-state index is -3.45. The van der Waals surface area contributed by atoms with Gasteiger partial charge in [0.05, 0.1) is 28.5 Å². The topological polar surface area (TPSA) is 123 Å². The predicted octanol–water partition coefficient (Wildman–Crippen LogP) is 7.49. The van der Waals surface area contributed by atoms with Crippen LogP contribution in [0.2, 0.25) is 0 Å². The van der Waals surface area contributed by atoms with Gasteiger partial charge >= 0.3 is 6.09 Å². The highest BCUT2D eigenvalue weighted by molar-refractivity contribution is 7.91. The van der Waals surface area contributed by atoms with Gasteiger partial charge < -0.3 is 15.0 Å². The first-order valence-electron chi connectivity index (χ1n) is 17.6. The van der Waals surface area contributed by atoms with Crippen molar-refractivity contribution in [2.24, 2.45) is 5.92 Å². The van der Waals surface area contributed by atoms with E-state index in [1.807, 2.05) is 0 Å². The van der Waals surface area contributed by atoms with Crippen LogP contribution in [0.3, 0.4) is 0 Å². The van der Waals surface area contributed by atoms with Crippen molar-refractivity contribution in [1.29, 1.82) is 0 Å². The van der Waals surface area contributed by atoms with E-state index in [1.54, 1.807) is 44.4 Å². The zero-order valence-corrected chi connectivity index (χ0v) is 30.6. The first kappa shape index (κ1) is 38.3. The Kier molecular flexibility index (Phi) is 11.5. The van der Waals surface area contributed by atoms with E-state index < -0.39 is 57.2 Å². The quantitative estimate of drug-likeness (QED) is 0.159. The number of nitrogens with zero attached hydrogens (tertiary/aromatic N) is 4. The molecule has 0 unspecified atom stereocenters. The van der Waals surface area contributed by atoms with Crippen molar-refractivity contribution in [3.63, 3.8) is 0 Å². The molecule has 10 nitrogen and oxygen atoms in total. The summed E-state index contributed by atoms with van der Waals surface area (Å²) < 4.78 is 78.9. The maximum absolute atomic E-state index is 16.0. The second-order valence-electron chi connectivity index (χ2n) is 14.8. The number of amides is 1. The van der Waals surface area contributed by atoms with Gasteiger partial charge in [-0.25, -0.2) is 36.4 Å². The number of piperidine rings is 1. The van der Waals surface area contributed by atoms with Gasteiger partial charge in [0.1, 0.15) is 39.0 Å². The minimum Gasteiger partial charge on any atom is -0.444 e. The Morgan fingerprint density at radius 2 is 1.82 bits per heavy atom. The number of allylic oxidation sites excluding steroid dienone is 1. The highest BCUT2D eigenvalue weighted by atomic mass is 32.2. The van der Waals surface area contributed by atoms with Crippen molar-refractivity contribution >= 4 is 32.8 Å².